The van der Waals surface area contributed by atoms with Gasteiger partial charge >= 0.3 is 6.18 Å². The van der Waals surface area contributed by atoms with E-state index in [1.165, 1.54) is 6.92 Å². The molecule has 0 saturated heterocycles. The molecule has 4 heteroatoms. The molecule has 0 aromatic carbocycles. The summed E-state index contributed by atoms with van der Waals surface area (Å²) in [4.78, 5) is 0. The minimum absolute atomic E-state index is 0.0256. The Hall–Kier alpha value is -0.930. The molecule has 64 valence electrons. The first kappa shape index (κ1) is 10.1. The normalized spacial score (nSPS) is 10.9. The maximum absolute atomic E-state index is 11.5. The van der Waals surface area contributed by atoms with Gasteiger partial charge in [-0.05, 0) is 12.5 Å². The highest BCUT2D eigenvalue weighted by Gasteiger charge is 2.28. The lowest BCUT2D eigenvalue weighted by atomic mass is 10.3. The van der Waals surface area contributed by atoms with E-state index in [1.807, 2.05) is 0 Å². The maximum atomic E-state index is 11.5. The van der Waals surface area contributed by atoms with Crippen molar-refractivity contribution in [1.82, 2.24) is 0 Å². The van der Waals surface area contributed by atoms with Crippen molar-refractivity contribution in [1.29, 1.82) is 0 Å². The zero-order valence-corrected chi connectivity index (χ0v) is 6.16. The Morgan fingerprint density at radius 3 is 2.09 bits per heavy atom. The van der Waals surface area contributed by atoms with Crippen molar-refractivity contribution in [3.63, 3.8) is 0 Å². The standard InChI is InChI=1S/C7H9F3O/c1-5(2)6(3)11-4-7(8,9)10/h1,3-4H2,2H3. The summed E-state index contributed by atoms with van der Waals surface area (Å²) in [6.45, 7) is 6.82. The van der Waals surface area contributed by atoms with E-state index < -0.39 is 12.8 Å². The third kappa shape index (κ3) is 5.51. The van der Waals surface area contributed by atoms with Crippen LogP contribution in [-0.4, -0.2) is 12.8 Å². The summed E-state index contributed by atoms with van der Waals surface area (Å²) in [5.41, 5.74) is 0.397. The number of rotatable bonds is 3. The summed E-state index contributed by atoms with van der Waals surface area (Å²) in [6.07, 6.45) is -4.31. The van der Waals surface area contributed by atoms with E-state index in [-0.39, 0.29) is 5.76 Å². The highest BCUT2D eigenvalue weighted by molar-refractivity contribution is 5.15. The lowest BCUT2D eigenvalue weighted by molar-refractivity contribution is -0.163. The second-order valence-electron chi connectivity index (χ2n) is 2.11. The van der Waals surface area contributed by atoms with E-state index in [0.29, 0.717) is 5.57 Å². The van der Waals surface area contributed by atoms with Gasteiger partial charge in [0, 0.05) is 0 Å². The molecule has 0 aliphatic heterocycles. The first-order valence-corrected chi connectivity index (χ1v) is 2.87. The van der Waals surface area contributed by atoms with Crippen molar-refractivity contribution in [2.75, 3.05) is 6.61 Å². The molecule has 0 aromatic rings. The second-order valence-corrected chi connectivity index (χ2v) is 2.11. The molecule has 0 spiro atoms. The molecule has 0 radical (unpaired) electrons. The van der Waals surface area contributed by atoms with Crippen LogP contribution in [0.15, 0.2) is 24.5 Å². The zero-order valence-electron chi connectivity index (χ0n) is 6.16. The number of hydrogen-bond acceptors (Lipinski definition) is 1. The van der Waals surface area contributed by atoms with Crippen LogP contribution in [0.3, 0.4) is 0 Å². The third-order valence-corrected chi connectivity index (χ3v) is 0.886. The number of halogens is 3. The molecule has 0 amide bonds. The molecule has 0 saturated carbocycles. The molecule has 0 bridgehead atoms. The second kappa shape index (κ2) is 3.46. The molecule has 0 aliphatic carbocycles. The van der Waals surface area contributed by atoms with E-state index in [2.05, 4.69) is 17.9 Å². The van der Waals surface area contributed by atoms with Crippen LogP contribution in [-0.2, 0) is 4.74 Å². The van der Waals surface area contributed by atoms with Crippen molar-refractivity contribution in [3.05, 3.63) is 24.5 Å². The lowest BCUT2D eigenvalue weighted by Crippen LogP contribution is -2.16. The minimum Gasteiger partial charge on any atom is -0.484 e. The van der Waals surface area contributed by atoms with Crippen LogP contribution in [0.1, 0.15) is 6.92 Å². The van der Waals surface area contributed by atoms with Crippen LogP contribution in [0.5, 0.6) is 0 Å². The Kier molecular flexibility index (Phi) is 3.17. The third-order valence-electron chi connectivity index (χ3n) is 0.886. The van der Waals surface area contributed by atoms with Gasteiger partial charge in [0.2, 0.25) is 0 Å². The molecular formula is C7H9F3O. The van der Waals surface area contributed by atoms with Gasteiger partial charge in [-0.3, -0.25) is 0 Å². The van der Waals surface area contributed by atoms with Crippen LogP contribution in [0, 0.1) is 0 Å². The van der Waals surface area contributed by atoms with Crippen molar-refractivity contribution in [3.8, 4) is 0 Å². The van der Waals surface area contributed by atoms with Crippen LogP contribution < -0.4 is 0 Å². The number of hydrogen-bond donors (Lipinski definition) is 0. The van der Waals surface area contributed by atoms with Gasteiger partial charge in [-0.1, -0.05) is 13.2 Å². The summed E-state index contributed by atoms with van der Waals surface area (Å²) in [5.74, 6) is -0.0256. The van der Waals surface area contributed by atoms with Crippen molar-refractivity contribution < 1.29 is 17.9 Å². The molecule has 0 N–H and O–H groups in total. The summed E-state index contributed by atoms with van der Waals surface area (Å²) < 4.78 is 38.7. The predicted molar refractivity (Wildman–Crippen MR) is 36.0 cm³/mol. The monoisotopic (exact) mass is 166 g/mol. The summed E-state index contributed by atoms with van der Waals surface area (Å²) in [7, 11) is 0. The van der Waals surface area contributed by atoms with Gasteiger partial charge in [0.15, 0.2) is 6.61 Å². The number of allylic oxidation sites excluding steroid dienone is 1. The molecule has 11 heavy (non-hydrogen) atoms. The van der Waals surface area contributed by atoms with Crippen LogP contribution in [0.2, 0.25) is 0 Å². The van der Waals surface area contributed by atoms with Gasteiger partial charge in [-0.15, -0.1) is 0 Å². The molecule has 0 atom stereocenters. The van der Waals surface area contributed by atoms with E-state index in [0.717, 1.165) is 0 Å². The van der Waals surface area contributed by atoms with Gasteiger partial charge in [-0.25, -0.2) is 0 Å². The first-order valence-electron chi connectivity index (χ1n) is 2.87. The van der Waals surface area contributed by atoms with Gasteiger partial charge in [0.05, 0.1) is 0 Å². The van der Waals surface area contributed by atoms with Crippen molar-refractivity contribution in [2.45, 2.75) is 13.1 Å². The summed E-state index contributed by atoms with van der Waals surface area (Å²) >= 11 is 0. The molecule has 0 aromatic heterocycles. The van der Waals surface area contributed by atoms with Crippen LogP contribution in [0.4, 0.5) is 13.2 Å². The number of ether oxygens (including phenoxy) is 1. The predicted octanol–water partition coefficient (Wildman–Crippen LogP) is 2.66. The fourth-order valence-corrected chi connectivity index (χ4v) is 0.292. The lowest BCUT2D eigenvalue weighted by Gasteiger charge is -2.10. The molecule has 0 aliphatic rings. The van der Waals surface area contributed by atoms with E-state index in [4.69, 9.17) is 0 Å². The quantitative estimate of drug-likeness (QED) is 0.462. The molecule has 0 heterocycles. The Morgan fingerprint density at radius 2 is 1.82 bits per heavy atom. The fraction of sp³-hybridized carbons (Fsp3) is 0.429. The Bertz CT molecular complexity index is 169. The Labute approximate surface area is 63.2 Å². The zero-order chi connectivity index (χ0) is 9.07. The smallest absolute Gasteiger partial charge is 0.422 e. The SMILES string of the molecule is C=C(C)C(=C)OCC(F)(F)F. The topological polar surface area (TPSA) is 9.23 Å². The van der Waals surface area contributed by atoms with Gasteiger partial charge in [0.1, 0.15) is 5.76 Å². The van der Waals surface area contributed by atoms with Gasteiger partial charge in [0.25, 0.3) is 0 Å². The van der Waals surface area contributed by atoms with Crippen LogP contribution >= 0.6 is 0 Å². The fourth-order valence-electron chi connectivity index (χ4n) is 0.292. The average Bonchev–Trinajstić information content (AvgIpc) is 1.80. The Balaban J connectivity index is 3.73. The highest BCUT2D eigenvalue weighted by atomic mass is 19.4. The molecular weight excluding hydrogens is 157 g/mol. The molecule has 1 nitrogen and oxygen atoms in total. The van der Waals surface area contributed by atoms with Gasteiger partial charge in [-0.2, -0.15) is 13.2 Å². The molecule has 0 fully saturated rings. The highest BCUT2D eigenvalue weighted by Crippen LogP contribution is 2.17. The average molecular weight is 166 g/mol. The van der Waals surface area contributed by atoms with Crippen LogP contribution in [0.25, 0.3) is 0 Å². The first-order chi connectivity index (χ1) is 4.83. The van der Waals surface area contributed by atoms with Crippen molar-refractivity contribution >= 4 is 0 Å². The molecule has 0 rings (SSSR count). The summed E-state index contributed by atoms with van der Waals surface area (Å²) in [6, 6.07) is 0. The van der Waals surface area contributed by atoms with E-state index >= 15 is 0 Å². The Morgan fingerprint density at radius 1 is 1.36 bits per heavy atom. The largest absolute Gasteiger partial charge is 0.484 e. The van der Waals surface area contributed by atoms with Crippen molar-refractivity contribution in [2.24, 2.45) is 0 Å². The minimum atomic E-state index is -4.31. The van der Waals surface area contributed by atoms with E-state index in [1.54, 1.807) is 0 Å². The number of alkyl halides is 3. The maximum Gasteiger partial charge on any atom is 0.422 e. The van der Waals surface area contributed by atoms with E-state index in [9.17, 15) is 13.2 Å². The van der Waals surface area contributed by atoms with Gasteiger partial charge < -0.3 is 4.74 Å². The molecule has 0 unspecified atom stereocenters. The summed E-state index contributed by atoms with van der Waals surface area (Å²) in [5, 5.41) is 0.